The molecule has 1 N–H and O–H groups in total. The first-order valence-electron chi connectivity index (χ1n) is 7.96. The maximum atomic E-state index is 12.4. The first kappa shape index (κ1) is 20.4. The van der Waals surface area contributed by atoms with Gasteiger partial charge in [0, 0.05) is 13.7 Å². The number of hydrogen-bond donors (Lipinski definition) is 1. The molecule has 2 aromatic carbocycles. The molecule has 0 aromatic heterocycles. The zero-order valence-corrected chi connectivity index (χ0v) is 16.4. The molecule has 1 unspecified atom stereocenters. The normalized spacial score (nSPS) is 11.7. The van der Waals surface area contributed by atoms with Gasteiger partial charge in [0.2, 0.25) is 0 Å². The van der Waals surface area contributed by atoms with E-state index in [4.69, 9.17) is 37.4 Å². The molecule has 0 fully saturated rings. The SMILES string of the molecule is COc1ccc(CCNC(=O)C(OC)c2ccc(Cl)c(Cl)c2)cc1OC. The van der Waals surface area contributed by atoms with Gasteiger partial charge in [0.25, 0.3) is 5.91 Å². The van der Waals surface area contributed by atoms with E-state index < -0.39 is 6.10 Å². The highest BCUT2D eigenvalue weighted by Crippen LogP contribution is 2.28. The molecule has 26 heavy (non-hydrogen) atoms. The van der Waals surface area contributed by atoms with Crippen LogP contribution in [0.2, 0.25) is 10.0 Å². The Morgan fingerprint density at radius 1 is 1.00 bits per heavy atom. The molecule has 2 aromatic rings. The molecule has 0 aliphatic carbocycles. The van der Waals surface area contributed by atoms with Crippen LogP contribution in [-0.4, -0.2) is 33.8 Å². The minimum atomic E-state index is -0.754. The number of methoxy groups -OCH3 is 3. The van der Waals surface area contributed by atoms with E-state index >= 15 is 0 Å². The van der Waals surface area contributed by atoms with Gasteiger partial charge in [0.1, 0.15) is 0 Å². The molecular formula is C19H21Cl2NO4. The van der Waals surface area contributed by atoms with E-state index in [1.165, 1.54) is 7.11 Å². The Morgan fingerprint density at radius 3 is 2.35 bits per heavy atom. The summed E-state index contributed by atoms with van der Waals surface area (Å²) >= 11 is 11.9. The average molecular weight is 398 g/mol. The number of halogens is 2. The lowest BCUT2D eigenvalue weighted by Gasteiger charge is -2.16. The van der Waals surface area contributed by atoms with E-state index in [0.717, 1.165) is 5.56 Å². The molecule has 0 bridgehead atoms. The number of rotatable bonds is 8. The Labute approximate surface area is 163 Å². The maximum Gasteiger partial charge on any atom is 0.253 e. The van der Waals surface area contributed by atoms with Crippen LogP contribution in [0.15, 0.2) is 36.4 Å². The van der Waals surface area contributed by atoms with Crippen LogP contribution >= 0.6 is 23.2 Å². The minimum absolute atomic E-state index is 0.244. The highest BCUT2D eigenvalue weighted by Gasteiger charge is 2.20. The average Bonchev–Trinajstić information content (AvgIpc) is 2.65. The Bertz CT molecular complexity index is 767. The van der Waals surface area contributed by atoms with Gasteiger partial charge in [0.05, 0.1) is 24.3 Å². The summed E-state index contributed by atoms with van der Waals surface area (Å²) in [6.45, 7) is 0.454. The molecule has 0 aliphatic rings. The van der Waals surface area contributed by atoms with Gasteiger partial charge in [-0.1, -0.05) is 35.3 Å². The summed E-state index contributed by atoms with van der Waals surface area (Å²) in [4.78, 5) is 12.4. The second-order valence-corrected chi connectivity index (χ2v) is 6.33. The fraction of sp³-hybridized carbons (Fsp3) is 0.316. The van der Waals surface area contributed by atoms with Crippen LogP contribution in [0, 0.1) is 0 Å². The first-order valence-corrected chi connectivity index (χ1v) is 8.72. The second-order valence-electron chi connectivity index (χ2n) is 5.52. The van der Waals surface area contributed by atoms with Crippen molar-refractivity contribution in [1.82, 2.24) is 5.32 Å². The van der Waals surface area contributed by atoms with E-state index in [9.17, 15) is 4.79 Å². The highest BCUT2D eigenvalue weighted by atomic mass is 35.5. The quantitative estimate of drug-likeness (QED) is 0.729. The van der Waals surface area contributed by atoms with Crippen molar-refractivity contribution in [2.75, 3.05) is 27.9 Å². The molecule has 1 atom stereocenters. The Balaban J connectivity index is 1.97. The van der Waals surface area contributed by atoms with Crippen molar-refractivity contribution in [1.29, 1.82) is 0 Å². The largest absolute Gasteiger partial charge is 0.493 e. The van der Waals surface area contributed by atoms with Crippen molar-refractivity contribution in [3.8, 4) is 11.5 Å². The van der Waals surface area contributed by atoms with E-state index in [1.54, 1.807) is 32.4 Å². The number of hydrogen-bond acceptors (Lipinski definition) is 4. The van der Waals surface area contributed by atoms with Crippen LogP contribution in [0.4, 0.5) is 0 Å². The summed E-state index contributed by atoms with van der Waals surface area (Å²) < 4.78 is 15.8. The number of carbonyl (C=O) groups is 1. The Kier molecular flexibility index (Phi) is 7.57. The number of amides is 1. The van der Waals surface area contributed by atoms with Gasteiger partial charge in [-0.05, 0) is 41.8 Å². The third-order valence-corrected chi connectivity index (χ3v) is 4.62. The minimum Gasteiger partial charge on any atom is -0.493 e. The molecule has 0 aliphatic heterocycles. The summed E-state index contributed by atoms with van der Waals surface area (Å²) in [5, 5.41) is 3.68. The molecule has 0 saturated heterocycles. The molecule has 1 amide bonds. The van der Waals surface area contributed by atoms with Crippen LogP contribution < -0.4 is 14.8 Å². The molecule has 2 rings (SSSR count). The zero-order chi connectivity index (χ0) is 19.1. The van der Waals surface area contributed by atoms with Crippen LogP contribution in [0.5, 0.6) is 11.5 Å². The van der Waals surface area contributed by atoms with E-state index in [0.29, 0.717) is 40.1 Å². The first-order chi connectivity index (χ1) is 12.5. The van der Waals surface area contributed by atoms with Gasteiger partial charge >= 0.3 is 0 Å². The molecular weight excluding hydrogens is 377 g/mol. The van der Waals surface area contributed by atoms with Crippen molar-refractivity contribution in [2.45, 2.75) is 12.5 Å². The summed E-state index contributed by atoms with van der Waals surface area (Å²) in [7, 11) is 4.65. The lowest BCUT2D eigenvalue weighted by Crippen LogP contribution is -2.32. The van der Waals surface area contributed by atoms with Crippen molar-refractivity contribution in [3.05, 3.63) is 57.6 Å². The fourth-order valence-electron chi connectivity index (χ4n) is 2.53. The predicted molar refractivity (Wildman–Crippen MR) is 102 cm³/mol. The standard InChI is InChI=1S/C19H21Cl2NO4/c1-24-16-7-4-12(10-17(16)25-2)8-9-22-19(23)18(26-3)13-5-6-14(20)15(21)11-13/h4-7,10-11,18H,8-9H2,1-3H3,(H,22,23). The molecule has 0 heterocycles. The molecule has 0 radical (unpaired) electrons. The zero-order valence-electron chi connectivity index (χ0n) is 14.8. The second kappa shape index (κ2) is 9.67. The van der Waals surface area contributed by atoms with Crippen LogP contribution in [0.3, 0.4) is 0 Å². The number of carbonyl (C=O) groups excluding carboxylic acids is 1. The third-order valence-electron chi connectivity index (χ3n) is 3.88. The Hall–Kier alpha value is -1.95. The summed E-state index contributed by atoms with van der Waals surface area (Å²) in [6, 6.07) is 10.6. The molecule has 0 spiro atoms. The van der Waals surface area contributed by atoms with Crippen molar-refractivity contribution < 1.29 is 19.0 Å². The van der Waals surface area contributed by atoms with Gasteiger partial charge in [-0.2, -0.15) is 0 Å². The van der Waals surface area contributed by atoms with Crippen LogP contribution in [0.1, 0.15) is 17.2 Å². The third kappa shape index (κ3) is 5.04. The van der Waals surface area contributed by atoms with Crippen LogP contribution in [0.25, 0.3) is 0 Å². The summed E-state index contributed by atoms with van der Waals surface area (Å²) in [5.74, 6) is 1.08. The molecule has 7 heteroatoms. The van der Waals surface area contributed by atoms with Gasteiger partial charge in [0.15, 0.2) is 17.6 Å². The molecule has 5 nitrogen and oxygen atoms in total. The molecule has 0 saturated carbocycles. The van der Waals surface area contributed by atoms with Gasteiger partial charge in [-0.3, -0.25) is 4.79 Å². The fourth-order valence-corrected chi connectivity index (χ4v) is 2.84. The molecule has 140 valence electrons. The number of nitrogens with one attached hydrogen (secondary N) is 1. The van der Waals surface area contributed by atoms with Crippen molar-refractivity contribution in [2.24, 2.45) is 0 Å². The summed E-state index contributed by atoms with van der Waals surface area (Å²) in [5.41, 5.74) is 1.66. The van der Waals surface area contributed by atoms with E-state index in [-0.39, 0.29) is 5.91 Å². The monoisotopic (exact) mass is 397 g/mol. The predicted octanol–water partition coefficient (Wildman–Crippen LogP) is 4.06. The van der Waals surface area contributed by atoms with E-state index in [2.05, 4.69) is 5.32 Å². The number of benzene rings is 2. The lowest BCUT2D eigenvalue weighted by atomic mass is 10.1. The summed E-state index contributed by atoms with van der Waals surface area (Å²) in [6.07, 6.45) is -0.112. The van der Waals surface area contributed by atoms with Gasteiger partial charge in [-0.15, -0.1) is 0 Å². The highest BCUT2D eigenvalue weighted by molar-refractivity contribution is 6.42. The topological polar surface area (TPSA) is 56.8 Å². The van der Waals surface area contributed by atoms with Crippen molar-refractivity contribution in [3.63, 3.8) is 0 Å². The van der Waals surface area contributed by atoms with Gasteiger partial charge < -0.3 is 19.5 Å². The van der Waals surface area contributed by atoms with E-state index in [1.807, 2.05) is 18.2 Å². The Morgan fingerprint density at radius 2 is 1.73 bits per heavy atom. The van der Waals surface area contributed by atoms with Gasteiger partial charge in [-0.25, -0.2) is 0 Å². The van der Waals surface area contributed by atoms with Crippen molar-refractivity contribution >= 4 is 29.1 Å². The smallest absolute Gasteiger partial charge is 0.253 e. The number of ether oxygens (including phenoxy) is 3. The lowest BCUT2D eigenvalue weighted by molar-refractivity contribution is -0.131. The van der Waals surface area contributed by atoms with Crippen LogP contribution in [-0.2, 0) is 16.0 Å². The maximum absolute atomic E-state index is 12.4.